The highest BCUT2D eigenvalue weighted by atomic mass is 19.4. The summed E-state index contributed by atoms with van der Waals surface area (Å²) < 4.78 is 35.2. The van der Waals surface area contributed by atoms with Crippen LogP contribution < -0.4 is 11.1 Å². The first kappa shape index (κ1) is 14.7. The number of hydrogen-bond donors (Lipinski definition) is 2. The Morgan fingerprint density at radius 2 is 1.47 bits per heavy atom. The summed E-state index contributed by atoms with van der Waals surface area (Å²) in [5, 5.41) is 3.12. The van der Waals surface area contributed by atoms with Gasteiger partial charge in [0.25, 0.3) is 0 Å². The van der Waals surface area contributed by atoms with Crippen LogP contribution in [0.3, 0.4) is 0 Å². The fourth-order valence-corrected chi connectivity index (χ4v) is 1.27. The quantitative estimate of drug-likeness (QED) is 0.593. The Hall–Kier alpha value is -0.290. The van der Waals surface area contributed by atoms with Crippen molar-refractivity contribution in [1.82, 2.24) is 5.32 Å². The number of halogens is 3. The van der Waals surface area contributed by atoms with Gasteiger partial charge in [-0.3, -0.25) is 0 Å². The summed E-state index contributed by atoms with van der Waals surface area (Å²) in [5.74, 6) is 0. The molecule has 0 saturated carbocycles. The molecule has 0 aliphatic carbocycles. The third-order valence-electron chi connectivity index (χ3n) is 2.12. The predicted octanol–water partition coefficient (Wildman–Crippen LogP) is 2.44. The second kappa shape index (κ2) is 8.97. The van der Waals surface area contributed by atoms with E-state index in [1.165, 1.54) is 0 Å². The van der Waals surface area contributed by atoms with Crippen molar-refractivity contribution in [2.45, 2.75) is 44.7 Å². The van der Waals surface area contributed by atoms with E-state index in [1.807, 2.05) is 0 Å². The zero-order chi connectivity index (χ0) is 11.6. The molecular formula is C10H21F3N2. The third kappa shape index (κ3) is 13.7. The van der Waals surface area contributed by atoms with Gasteiger partial charge in [0, 0.05) is 6.42 Å². The van der Waals surface area contributed by atoms with Crippen molar-refractivity contribution in [3.05, 3.63) is 0 Å². The van der Waals surface area contributed by atoms with Crippen LogP contribution in [0.15, 0.2) is 0 Å². The third-order valence-corrected chi connectivity index (χ3v) is 2.12. The molecule has 0 aliphatic rings. The van der Waals surface area contributed by atoms with E-state index < -0.39 is 12.6 Å². The van der Waals surface area contributed by atoms with Crippen LogP contribution in [0.2, 0.25) is 0 Å². The lowest BCUT2D eigenvalue weighted by molar-refractivity contribution is -0.135. The van der Waals surface area contributed by atoms with Crippen molar-refractivity contribution < 1.29 is 13.2 Å². The van der Waals surface area contributed by atoms with Crippen LogP contribution in [0.1, 0.15) is 38.5 Å². The van der Waals surface area contributed by atoms with Gasteiger partial charge in [0.1, 0.15) is 0 Å². The first-order valence-electron chi connectivity index (χ1n) is 5.54. The highest BCUT2D eigenvalue weighted by Gasteiger charge is 2.25. The zero-order valence-corrected chi connectivity index (χ0v) is 9.08. The molecule has 0 saturated heterocycles. The average Bonchev–Trinajstić information content (AvgIpc) is 2.14. The van der Waals surface area contributed by atoms with Gasteiger partial charge in [0.15, 0.2) is 0 Å². The molecule has 15 heavy (non-hydrogen) atoms. The number of nitrogens with two attached hydrogens (primary N) is 1. The van der Waals surface area contributed by atoms with Crippen molar-refractivity contribution >= 4 is 0 Å². The van der Waals surface area contributed by atoms with Gasteiger partial charge < -0.3 is 11.1 Å². The van der Waals surface area contributed by atoms with E-state index in [2.05, 4.69) is 5.32 Å². The molecular weight excluding hydrogens is 205 g/mol. The molecule has 0 aromatic heterocycles. The smallest absolute Gasteiger partial charge is 0.330 e. The van der Waals surface area contributed by atoms with E-state index in [-0.39, 0.29) is 6.42 Å². The maximum atomic E-state index is 11.7. The summed E-state index contributed by atoms with van der Waals surface area (Å²) in [6.45, 7) is 2.27. The first-order chi connectivity index (χ1) is 7.06. The topological polar surface area (TPSA) is 38.0 Å². The van der Waals surface area contributed by atoms with Crippen LogP contribution in [0.5, 0.6) is 0 Å². The minimum absolute atomic E-state index is 0.222. The van der Waals surface area contributed by atoms with E-state index in [1.54, 1.807) is 0 Å². The fraction of sp³-hybridized carbons (Fsp3) is 1.00. The molecule has 0 radical (unpaired) electrons. The van der Waals surface area contributed by atoms with Gasteiger partial charge in [-0.05, 0) is 45.3 Å². The summed E-state index contributed by atoms with van der Waals surface area (Å²) in [7, 11) is 0. The Bertz CT molecular complexity index is 137. The van der Waals surface area contributed by atoms with E-state index in [0.717, 1.165) is 25.8 Å². The molecule has 2 nitrogen and oxygen atoms in total. The molecule has 0 rings (SSSR count). The maximum Gasteiger partial charge on any atom is 0.389 e. The van der Waals surface area contributed by atoms with E-state index in [4.69, 9.17) is 5.73 Å². The second-order valence-corrected chi connectivity index (χ2v) is 3.67. The van der Waals surface area contributed by atoms with Gasteiger partial charge in [-0.1, -0.05) is 6.42 Å². The van der Waals surface area contributed by atoms with Gasteiger partial charge in [0.05, 0.1) is 0 Å². The number of rotatable bonds is 9. The van der Waals surface area contributed by atoms with Crippen molar-refractivity contribution in [3.8, 4) is 0 Å². The Morgan fingerprint density at radius 3 is 2.00 bits per heavy atom. The molecule has 0 aromatic rings. The zero-order valence-electron chi connectivity index (χ0n) is 9.08. The van der Waals surface area contributed by atoms with Crippen LogP contribution >= 0.6 is 0 Å². The summed E-state index contributed by atoms with van der Waals surface area (Å²) in [6, 6.07) is 0. The SMILES string of the molecule is NCCCCCNCCCCC(F)(F)F. The summed E-state index contributed by atoms with van der Waals surface area (Å²) in [4.78, 5) is 0. The highest BCUT2D eigenvalue weighted by Crippen LogP contribution is 2.21. The van der Waals surface area contributed by atoms with Crippen LogP contribution in [-0.4, -0.2) is 25.8 Å². The van der Waals surface area contributed by atoms with E-state index >= 15 is 0 Å². The predicted molar refractivity (Wildman–Crippen MR) is 55.7 cm³/mol. The molecule has 0 bridgehead atoms. The molecule has 0 heterocycles. The molecule has 0 amide bonds. The lowest BCUT2D eigenvalue weighted by Gasteiger charge is -2.06. The summed E-state index contributed by atoms with van der Waals surface area (Å²) in [6.07, 6.45) is -0.684. The van der Waals surface area contributed by atoms with Crippen LogP contribution in [-0.2, 0) is 0 Å². The van der Waals surface area contributed by atoms with E-state index in [0.29, 0.717) is 19.5 Å². The van der Waals surface area contributed by atoms with Gasteiger partial charge in [-0.25, -0.2) is 0 Å². The van der Waals surface area contributed by atoms with Crippen molar-refractivity contribution in [2.75, 3.05) is 19.6 Å². The molecule has 0 atom stereocenters. The summed E-state index contributed by atoms with van der Waals surface area (Å²) in [5.41, 5.74) is 5.32. The lowest BCUT2D eigenvalue weighted by atomic mass is 10.2. The molecule has 0 aromatic carbocycles. The molecule has 3 N–H and O–H groups in total. The summed E-state index contributed by atoms with van der Waals surface area (Å²) >= 11 is 0. The Balaban J connectivity index is 2.99. The largest absolute Gasteiger partial charge is 0.389 e. The minimum atomic E-state index is -4.00. The van der Waals surface area contributed by atoms with Gasteiger partial charge in [-0.15, -0.1) is 0 Å². The van der Waals surface area contributed by atoms with Crippen LogP contribution in [0.25, 0.3) is 0 Å². The maximum absolute atomic E-state index is 11.7. The number of unbranched alkanes of at least 4 members (excludes halogenated alkanes) is 3. The first-order valence-corrected chi connectivity index (χ1v) is 5.54. The normalized spacial score (nSPS) is 12.0. The molecule has 0 fully saturated rings. The molecule has 0 unspecified atom stereocenters. The van der Waals surface area contributed by atoms with Crippen LogP contribution in [0.4, 0.5) is 13.2 Å². The molecule has 0 aliphatic heterocycles. The van der Waals surface area contributed by atoms with Gasteiger partial charge in [-0.2, -0.15) is 13.2 Å². The monoisotopic (exact) mass is 226 g/mol. The molecule has 5 heteroatoms. The van der Waals surface area contributed by atoms with Gasteiger partial charge in [0.2, 0.25) is 0 Å². The Labute approximate surface area is 89.4 Å². The van der Waals surface area contributed by atoms with Crippen molar-refractivity contribution in [3.63, 3.8) is 0 Å². The number of alkyl halides is 3. The van der Waals surface area contributed by atoms with Crippen molar-refractivity contribution in [1.29, 1.82) is 0 Å². The highest BCUT2D eigenvalue weighted by molar-refractivity contribution is 4.54. The Kier molecular flexibility index (Phi) is 8.80. The molecule has 92 valence electrons. The second-order valence-electron chi connectivity index (χ2n) is 3.67. The van der Waals surface area contributed by atoms with Crippen molar-refractivity contribution in [2.24, 2.45) is 5.73 Å². The lowest BCUT2D eigenvalue weighted by Crippen LogP contribution is -2.17. The number of nitrogens with one attached hydrogen (secondary N) is 1. The Morgan fingerprint density at radius 1 is 0.867 bits per heavy atom. The fourth-order valence-electron chi connectivity index (χ4n) is 1.27. The van der Waals surface area contributed by atoms with Crippen LogP contribution in [0, 0.1) is 0 Å². The van der Waals surface area contributed by atoms with E-state index in [9.17, 15) is 13.2 Å². The average molecular weight is 226 g/mol. The minimum Gasteiger partial charge on any atom is -0.330 e. The standard InChI is InChI=1S/C10H21F3N2/c11-10(12,13)6-2-5-9-15-8-4-1-3-7-14/h15H,1-9,14H2. The van der Waals surface area contributed by atoms with Gasteiger partial charge >= 0.3 is 6.18 Å². The molecule has 0 spiro atoms. The number of hydrogen-bond acceptors (Lipinski definition) is 2.